The number of ether oxygens (including phenoxy) is 1. The van der Waals surface area contributed by atoms with Gasteiger partial charge >= 0.3 is 5.97 Å². The molecule has 0 unspecified atom stereocenters. The molecule has 2 aromatic rings. The molecule has 36 heavy (non-hydrogen) atoms. The lowest BCUT2D eigenvalue weighted by atomic mass is 9.50. The smallest absolute Gasteiger partial charge is 0.327 e. The van der Waals surface area contributed by atoms with Crippen LogP contribution in [0.25, 0.3) is 0 Å². The molecule has 1 aliphatic heterocycles. The van der Waals surface area contributed by atoms with E-state index in [-0.39, 0.29) is 23.3 Å². The first-order valence-electron chi connectivity index (χ1n) is 13.2. The molecule has 0 spiro atoms. The Morgan fingerprint density at radius 2 is 2.17 bits per heavy atom. The Morgan fingerprint density at radius 3 is 2.94 bits per heavy atom. The fraction of sp³-hybridized carbons (Fsp3) is 0.643. The molecular weight excluding hydrogens is 488 g/mol. The van der Waals surface area contributed by atoms with Crippen molar-refractivity contribution in [2.45, 2.75) is 83.4 Å². The van der Waals surface area contributed by atoms with E-state index in [1.54, 1.807) is 28.2 Å². The summed E-state index contributed by atoms with van der Waals surface area (Å²) < 4.78 is 8.63. The number of fused-ring (bicyclic) bond motifs is 3. The topological polar surface area (TPSA) is 69.4 Å². The van der Waals surface area contributed by atoms with Crippen LogP contribution in [0.2, 0.25) is 0 Å². The second-order valence-electron chi connectivity index (χ2n) is 11.4. The van der Waals surface area contributed by atoms with Crippen LogP contribution in [-0.4, -0.2) is 44.2 Å². The number of aryl methyl sites for hydroxylation is 1. The van der Waals surface area contributed by atoms with Crippen molar-refractivity contribution in [3.05, 3.63) is 46.8 Å². The molecule has 2 heterocycles. The predicted molar refractivity (Wildman–Crippen MR) is 149 cm³/mol. The summed E-state index contributed by atoms with van der Waals surface area (Å²) in [4.78, 5) is 17.2. The minimum atomic E-state index is -0.235. The summed E-state index contributed by atoms with van der Waals surface area (Å²) in [6, 6.07) is 7.17. The molecule has 3 atom stereocenters. The van der Waals surface area contributed by atoms with Gasteiger partial charge in [-0.1, -0.05) is 81.1 Å². The Kier molecular flexibility index (Phi) is 7.55. The summed E-state index contributed by atoms with van der Waals surface area (Å²) in [5.41, 5.74) is 5.48. The zero-order chi connectivity index (χ0) is 25.3. The van der Waals surface area contributed by atoms with Crippen LogP contribution in [0.15, 0.2) is 29.4 Å². The van der Waals surface area contributed by atoms with Crippen molar-refractivity contribution in [3.8, 4) is 0 Å². The number of rotatable bonds is 7. The number of benzene rings is 1. The summed E-state index contributed by atoms with van der Waals surface area (Å²) in [5, 5.41) is 8.36. The van der Waals surface area contributed by atoms with Crippen molar-refractivity contribution in [3.63, 3.8) is 0 Å². The molecule has 0 amide bonds. The minimum Gasteiger partial charge on any atom is -0.464 e. The van der Waals surface area contributed by atoms with E-state index >= 15 is 0 Å². The van der Waals surface area contributed by atoms with E-state index in [4.69, 9.17) is 4.74 Å². The van der Waals surface area contributed by atoms with E-state index in [0.29, 0.717) is 18.4 Å². The molecule has 194 valence electrons. The van der Waals surface area contributed by atoms with Crippen LogP contribution in [0.5, 0.6) is 0 Å². The highest BCUT2D eigenvalue weighted by Gasteiger charge is 2.52. The number of nitrogens with zero attached hydrogens (tertiary/aromatic N) is 4. The van der Waals surface area contributed by atoms with Gasteiger partial charge in [-0.05, 0) is 59.6 Å². The Morgan fingerprint density at radius 1 is 1.31 bits per heavy atom. The second kappa shape index (κ2) is 10.5. The SMILES string of the molecule is CC(C)c1ccc2c(c1)CC[C@H]1[C@](C)(COC(=O)Cn3cc(CSC4=NCCS4)nn3)CCC[C@]21C. The summed E-state index contributed by atoms with van der Waals surface area (Å²) in [7, 11) is 0. The summed E-state index contributed by atoms with van der Waals surface area (Å²) in [6.07, 6.45) is 7.60. The van der Waals surface area contributed by atoms with E-state index in [1.165, 1.54) is 29.5 Å². The first kappa shape index (κ1) is 25.8. The lowest BCUT2D eigenvalue weighted by molar-refractivity contribution is -0.152. The Bertz CT molecular complexity index is 1150. The zero-order valence-electron chi connectivity index (χ0n) is 22.0. The number of aliphatic imine (C=N–C) groups is 1. The lowest BCUT2D eigenvalue weighted by Gasteiger charge is -2.55. The third kappa shape index (κ3) is 5.26. The number of hydrogen-bond acceptors (Lipinski definition) is 7. The highest BCUT2D eigenvalue weighted by molar-refractivity contribution is 8.38. The van der Waals surface area contributed by atoms with E-state index in [2.05, 4.69) is 61.2 Å². The quantitative estimate of drug-likeness (QED) is 0.413. The first-order chi connectivity index (χ1) is 17.3. The van der Waals surface area contributed by atoms with Crippen LogP contribution in [0.4, 0.5) is 0 Å². The van der Waals surface area contributed by atoms with Crippen molar-refractivity contribution in [2.24, 2.45) is 16.3 Å². The number of esters is 1. The van der Waals surface area contributed by atoms with Gasteiger partial charge in [-0.3, -0.25) is 9.79 Å². The molecule has 3 aliphatic rings. The van der Waals surface area contributed by atoms with Gasteiger partial charge in [0.2, 0.25) is 0 Å². The van der Waals surface area contributed by atoms with Crippen molar-refractivity contribution in [1.82, 2.24) is 15.0 Å². The van der Waals surface area contributed by atoms with Crippen LogP contribution in [0, 0.1) is 11.3 Å². The molecule has 6 nitrogen and oxygen atoms in total. The maximum Gasteiger partial charge on any atom is 0.327 e. The highest BCUT2D eigenvalue weighted by Crippen LogP contribution is 2.57. The lowest BCUT2D eigenvalue weighted by Crippen LogP contribution is -2.51. The highest BCUT2D eigenvalue weighted by atomic mass is 32.2. The van der Waals surface area contributed by atoms with Crippen LogP contribution in [0.1, 0.15) is 81.7 Å². The number of thioether (sulfide) groups is 2. The molecule has 2 aliphatic carbocycles. The number of carbonyl (C=O) groups excluding carboxylic acids is 1. The average molecular weight is 527 g/mol. The molecule has 1 saturated carbocycles. The largest absolute Gasteiger partial charge is 0.464 e. The molecule has 0 saturated heterocycles. The van der Waals surface area contributed by atoms with Gasteiger partial charge in [0.05, 0.1) is 18.8 Å². The molecule has 8 heteroatoms. The second-order valence-corrected chi connectivity index (χ2v) is 13.7. The van der Waals surface area contributed by atoms with Crippen molar-refractivity contribution < 1.29 is 9.53 Å². The fourth-order valence-corrected chi connectivity index (χ4v) is 8.51. The van der Waals surface area contributed by atoms with Gasteiger partial charge in [0, 0.05) is 23.1 Å². The maximum atomic E-state index is 12.8. The Labute approximate surface area is 223 Å². The monoisotopic (exact) mass is 526 g/mol. The molecule has 1 fully saturated rings. The molecule has 1 aromatic carbocycles. The zero-order valence-corrected chi connectivity index (χ0v) is 23.6. The molecule has 0 N–H and O–H groups in total. The van der Waals surface area contributed by atoms with Gasteiger partial charge in [0.25, 0.3) is 0 Å². The van der Waals surface area contributed by atoms with Gasteiger partial charge < -0.3 is 4.74 Å². The van der Waals surface area contributed by atoms with Gasteiger partial charge in [0.1, 0.15) is 10.9 Å². The maximum absolute atomic E-state index is 12.8. The van der Waals surface area contributed by atoms with Crippen LogP contribution in [-0.2, 0) is 33.7 Å². The Hall–Kier alpha value is -1.80. The van der Waals surface area contributed by atoms with Crippen molar-refractivity contribution >= 4 is 33.9 Å². The van der Waals surface area contributed by atoms with Crippen molar-refractivity contribution in [2.75, 3.05) is 18.9 Å². The third-order valence-corrected chi connectivity index (χ3v) is 10.8. The van der Waals surface area contributed by atoms with E-state index < -0.39 is 0 Å². The van der Waals surface area contributed by atoms with Gasteiger partial charge in [-0.2, -0.15) is 0 Å². The van der Waals surface area contributed by atoms with Crippen LogP contribution < -0.4 is 0 Å². The minimum absolute atomic E-state index is 0.0130. The number of hydrogen-bond donors (Lipinski definition) is 0. The fourth-order valence-electron chi connectivity index (χ4n) is 6.62. The first-order valence-corrected chi connectivity index (χ1v) is 15.2. The normalized spacial score (nSPS) is 27.5. The van der Waals surface area contributed by atoms with Crippen LogP contribution in [0.3, 0.4) is 0 Å². The van der Waals surface area contributed by atoms with Crippen molar-refractivity contribution in [1.29, 1.82) is 0 Å². The number of carbonyl (C=O) groups is 1. The average Bonchev–Trinajstić information content (AvgIpc) is 3.53. The molecular formula is C28H38N4O2S2. The van der Waals surface area contributed by atoms with E-state index in [9.17, 15) is 4.79 Å². The van der Waals surface area contributed by atoms with Gasteiger partial charge in [-0.25, -0.2) is 4.68 Å². The molecule has 1 aromatic heterocycles. The third-order valence-electron chi connectivity index (χ3n) is 8.51. The summed E-state index contributed by atoms with van der Waals surface area (Å²) in [6.45, 7) is 10.8. The standard InChI is InChI=1S/C28H38N4O2S2/c1-19(2)20-6-8-23-21(14-20)7-9-24-27(3,10-5-11-28(23,24)4)18-34-25(33)16-32-15-22(30-31-32)17-36-26-29-12-13-35-26/h6,8,14-15,19,24H,5,7,9-13,16-18H2,1-4H3/t24-,27-,28+/m0/s1. The van der Waals surface area contributed by atoms with Gasteiger partial charge in [0.15, 0.2) is 0 Å². The molecule has 0 radical (unpaired) electrons. The molecule has 0 bridgehead atoms. The molecule has 5 rings (SSSR count). The van der Waals surface area contributed by atoms with E-state index in [1.807, 2.05) is 6.20 Å². The van der Waals surface area contributed by atoms with Gasteiger partial charge in [-0.15, -0.1) is 5.10 Å². The summed E-state index contributed by atoms with van der Waals surface area (Å²) >= 11 is 3.47. The predicted octanol–water partition coefficient (Wildman–Crippen LogP) is 5.99. The number of aromatic nitrogens is 3. The van der Waals surface area contributed by atoms with E-state index in [0.717, 1.165) is 47.4 Å². The Balaban J connectivity index is 1.20. The van der Waals surface area contributed by atoms with Crippen LogP contribution >= 0.6 is 23.5 Å². The summed E-state index contributed by atoms with van der Waals surface area (Å²) in [5.74, 6) is 2.61.